The maximum atomic E-state index is 12.7. The lowest BCUT2D eigenvalue weighted by Crippen LogP contribution is -2.37. The lowest BCUT2D eigenvalue weighted by atomic mass is 10.2. The van der Waals surface area contributed by atoms with Gasteiger partial charge in [0, 0.05) is 9.85 Å². The van der Waals surface area contributed by atoms with Crippen LogP contribution in [0.5, 0.6) is 0 Å². The zero-order chi connectivity index (χ0) is 14.4. The van der Waals surface area contributed by atoms with Gasteiger partial charge in [0.15, 0.2) is 8.24 Å². The second kappa shape index (κ2) is 5.29. The van der Waals surface area contributed by atoms with Crippen LogP contribution in [0.15, 0.2) is 22.6 Å². The topological polar surface area (TPSA) is 55.4 Å². The summed E-state index contributed by atoms with van der Waals surface area (Å²) in [6, 6.07) is 0. The number of nitrogens with two attached hydrogens (primary N) is 1. The molecule has 0 aliphatic rings. The van der Waals surface area contributed by atoms with Crippen LogP contribution in [0.25, 0.3) is 0 Å². The molecule has 0 radical (unpaired) electrons. The normalized spacial score (nSPS) is 16.4. The van der Waals surface area contributed by atoms with E-state index in [0.29, 0.717) is 4.21 Å². The van der Waals surface area contributed by atoms with Crippen molar-refractivity contribution in [2.45, 2.75) is 43.1 Å². The quantitative estimate of drug-likeness (QED) is 0.656. The molecule has 0 bridgehead atoms. The van der Waals surface area contributed by atoms with Gasteiger partial charge in [0.25, 0.3) is 0 Å². The Kier molecular flexibility index (Phi) is 4.95. The summed E-state index contributed by atoms with van der Waals surface area (Å²) in [6.45, 7) is 10.6. The molecular formula is C10H18Br2N2OS2Si. The van der Waals surface area contributed by atoms with Crippen molar-refractivity contribution in [3.8, 4) is 0 Å². The first-order valence-electron chi connectivity index (χ1n) is 5.37. The van der Waals surface area contributed by atoms with Crippen LogP contribution in [-0.2, 0) is 9.92 Å². The van der Waals surface area contributed by atoms with Crippen molar-refractivity contribution < 1.29 is 4.21 Å². The fourth-order valence-electron chi connectivity index (χ4n) is 1.02. The number of rotatable bonds is 2. The van der Waals surface area contributed by atoms with Crippen LogP contribution in [0.2, 0.25) is 18.1 Å². The summed E-state index contributed by atoms with van der Waals surface area (Å²) in [5, 5.41) is 7.88. The van der Waals surface area contributed by atoms with Gasteiger partial charge < -0.3 is 0 Å². The van der Waals surface area contributed by atoms with Crippen LogP contribution in [-0.4, -0.2) is 12.4 Å². The minimum absolute atomic E-state index is 0.0238. The third-order valence-electron chi connectivity index (χ3n) is 3.12. The van der Waals surface area contributed by atoms with E-state index in [1.54, 1.807) is 0 Å². The van der Waals surface area contributed by atoms with Gasteiger partial charge in [0.05, 0.1) is 4.47 Å². The molecule has 0 aliphatic carbocycles. The van der Waals surface area contributed by atoms with Crippen LogP contribution in [0.3, 0.4) is 0 Å². The summed E-state index contributed by atoms with van der Waals surface area (Å²) >= 11 is 8.15. The Bertz CT molecular complexity index is 569. The molecule has 18 heavy (non-hydrogen) atoms. The van der Waals surface area contributed by atoms with Gasteiger partial charge in [0.2, 0.25) is 0 Å². The molecule has 1 unspecified atom stereocenters. The van der Waals surface area contributed by atoms with E-state index >= 15 is 0 Å². The van der Waals surface area contributed by atoms with Crippen LogP contribution < -0.4 is 5.14 Å². The average molecular weight is 434 g/mol. The van der Waals surface area contributed by atoms with Gasteiger partial charge in [-0.25, -0.2) is 9.35 Å². The van der Waals surface area contributed by atoms with Gasteiger partial charge in [0.1, 0.15) is 14.1 Å². The van der Waals surface area contributed by atoms with E-state index in [9.17, 15) is 4.21 Å². The zero-order valence-electron chi connectivity index (χ0n) is 11.1. The van der Waals surface area contributed by atoms with E-state index in [4.69, 9.17) is 5.14 Å². The first-order chi connectivity index (χ1) is 7.88. The number of thiophene rings is 1. The molecule has 0 aromatic carbocycles. The van der Waals surface area contributed by atoms with Gasteiger partial charge in [-0.05, 0) is 50.0 Å². The predicted molar refractivity (Wildman–Crippen MR) is 89.9 cm³/mol. The molecule has 1 aromatic heterocycles. The molecule has 8 heteroatoms. The molecule has 2 N–H and O–H groups in total. The van der Waals surface area contributed by atoms with Gasteiger partial charge >= 0.3 is 0 Å². The molecule has 1 rings (SSSR count). The molecule has 1 heterocycles. The highest BCUT2D eigenvalue weighted by molar-refractivity contribution is 9.13. The molecule has 0 fully saturated rings. The number of halogens is 2. The van der Waals surface area contributed by atoms with E-state index in [1.807, 2.05) is 5.38 Å². The Labute approximate surface area is 131 Å². The van der Waals surface area contributed by atoms with E-state index in [0.717, 1.165) is 8.95 Å². The first kappa shape index (κ1) is 16.8. The van der Waals surface area contributed by atoms with E-state index in [-0.39, 0.29) is 5.04 Å². The molecule has 3 nitrogen and oxygen atoms in total. The van der Waals surface area contributed by atoms with Crippen molar-refractivity contribution in [1.82, 2.24) is 0 Å². The molecule has 1 atom stereocenters. The highest BCUT2D eigenvalue weighted by Crippen LogP contribution is 2.40. The SMILES string of the molecule is CC(C)(C)[Si](C)(C)N=S(N)(=O)c1scc(Br)c1Br. The summed E-state index contributed by atoms with van der Waals surface area (Å²) in [7, 11) is -4.87. The summed E-state index contributed by atoms with van der Waals surface area (Å²) in [5.74, 6) is 0. The molecule has 0 amide bonds. The molecule has 1 aromatic rings. The number of hydrogen-bond donors (Lipinski definition) is 1. The standard InChI is InChI=1S/C10H18Br2N2OS2Si/c1-10(2,3)18(4,5)14-17(13,15)9-8(12)7(11)6-16-9/h6H,1-5H3,(H2,13,14,15). The third-order valence-corrected chi connectivity index (χ3v) is 15.0. The second-order valence-electron chi connectivity index (χ2n) is 5.65. The van der Waals surface area contributed by atoms with Crippen LogP contribution in [0.4, 0.5) is 0 Å². The molecule has 0 saturated heterocycles. The minimum atomic E-state index is -2.83. The molecule has 0 aliphatic heterocycles. The van der Waals surface area contributed by atoms with Crippen molar-refractivity contribution in [2.24, 2.45) is 9.17 Å². The molecule has 104 valence electrons. The van der Waals surface area contributed by atoms with Gasteiger partial charge in [-0.3, -0.25) is 4.03 Å². The van der Waals surface area contributed by atoms with Gasteiger partial charge in [-0.15, -0.1) is 11.3 Å². The van der Waals surface area contributed by atoms with Crippen LogP contribution >= 0.6 is 43.2 Å². The monoisotopic (exact) mass is 432 g/mol. The summed E-state index contributed by atoms with van der Waals surface area (Å²) in [6.07, 6.45) is 0. The summed E-state index contributed by atoms with van der Waals surface area (Å²) in [5.41, 5.74) is 0. The number of nitrogens with zero attached hydrogens (tertiary/aromatic N) is 1. The highest BCUT2D eigenvalue weighted by Gasteiger charge is 2.37. The predicted octanol–water partition coefficient (Wildman–Crippen LogP) is 4.98. The van der Waals surface area contributed by atoms with Crippen LogP contribution in [0.1, 0.15) is 20.8 Å². The summed E-state index contributed by atoms with van der Waals surface area (Å²) < 4.78 is 19.5. The minimum Gasteiger partial charge on any atom is -0.261 e. The maximum absolute atomic E-state index is 12.7. The van der Waals surface area contributed by atoms with E-state index in [2.05, 4.69) is 69.8 Å². The van der Waals surface area contributed by atoms with Gasteiger partial charge in [-0.2, -0.15) is 0 Å². The first-order valence-corrected chi connectivity index (χ1v) is 12.4. The highest BCUT2D eigenvalue weighted by atomic mass is 79.9. The summed E-state index contributed by atoms with van der Waals surface area (Å²) in [4.78, 5) is 0. The van der Waals surface area contributed by atoms with Gasteiger partial charge in [-0.1, -0.05) is 20.8 Å². The Morgan fingerprint density at radius 2 is 1.89 bits per heavy atom. The molecule has 0 saturated carbocycles. The Hall–Kier alpha value is 0.787. The fourth-order valence-corrected chi connectivity index (χ4v) is 9.08. The van der Waals surface area contributed by atoms with Crippen molar-refractivity contribution in [3.63, 3.8) is 0 Å². The van der Waals surface area contributed by atoms with Crippen molar-refractivity contribution in [1.29, 1.82) is 0 Å². The lowest BCUT2D eigenvalue weighted by molar-refractivity contribution is 0.677. The average Bonchev–Trinajstić information content (AvgIpc) is 2.44. The Balaban J connectivity index is 3.40. The Morgan fingerprint density at radius 1 is 1.39 bits per heavy atom. The fraction of sp³-hybridized carbons (Fsp3) is 0.600. The molecule has 0 spiro atoms. The largest absolute Gasteiger partial charge is 0.261 e. The number of hydrogen-bond acceptors (Lipinski definition) is 3. The van der Waals surface area contributed by atoms with E-state index < -0.39 is 18.2 Å². The van der Waals surface area contributed by atoms with Crippen LogP contribution in [0, 0.1) is 0 Å². The third kappa shape index (κ3) is 3.46. The lowest BCUT2D eigenvalue weighted by Gasteiger charge is -2.32. The van der Waals surface area contributed by atoms with Crippen molar-refractivity contribution >= 4 is 61.3 Å². The molecular weight excluding hydrogens is 416 g/mol. The van der Waals surface area contributed by atoms with Crippen molar-refractivity contribution in [3.05, 3.63) is 14.3 Å². The maximum Gasteiger partial charge on any atom is 0.195 e. The second-order valence-corrected chi connectivity index (χ2v) is 15.3. The zero-order valence-corrected chi connectivity index (χ0v) is 16.9. The Morgan fingerprint density at radius 3 is 2.22 bits per heavy atom. The smallest absolute Gasteiger partial charge is 0.195 e. The van der Waals surface area contributed by atoms with Crippen molar-refractivity contribution in [2.75, 3.05) is 0 Å². The van der Waals surface area contributed by atoms with E-state index in [1.165, 1.54) is 11.3 Å².